The van der Waals surface area contributed by atoms with Gasteiger partial charge in [-0.15, -0.1) is 0 Å². The molecule has 1 atom stereocenters. The quantitative estimate of drug-likeness (QED) is 0.251. The number of hydrogen-bond donors (Lipinski definition) is 4. The van der Waals surface area contributed by atoms with Gasteiger partial charge in [0.05, 0.1) is 6.10 Å². The largest absolute Gasteiger partial charge is 0.409 e. The van der Waals surface area contributed by atoms with E-state index < -0.39 is 0 Å². The minimum atomic E-state index is -0.342. The molecule has 0 aliphatic heterocycles. The maximum atomic E-state index is 9.73. The zero-order valence-corrected chi connectivity index (χ0v) is 11.4. The van der Waals surface area contributed by atoms with Gasteiger partial charge in [0.25, 0.3) is 0 Å². The second kappa shape index (κ2) is 7.70. The number of oxime groups is 1. The van der Waals surface area contributed by atoms with Crippen molar-refractivity contribution >= 4 is 5.84 Å². The SMILES string of the molecule is CC(C)CC(O)CNCc1ccnc(/C(N)=N/O)c1. The van der Waals surface area contributed by atoms with Crippen molar-refractivity contribution in [1.29, 1.82) is 0 Å². The van der Waals surface area contributed by atoms with Crippen LogP contribution in [0.3, 0.4) is 0 Å². The lowest BCUT2D eigenvalue weighted by Gasteiger charge is -2.14. The Balaban J connectivity index is 2.45. The highest BCUT2D eigenvalue weighted by atomic mass is 16.4. The lowest BCUT2D eigenvalue weighted by molar-refractivity contribution is 0.146. The first-order chi connectivity index (χ1) is 9.02. The molecule has 1 heterocycles. The molecule has 6 heteroatoms. The lowest BCUT2D eigenvalue weighted by atomic mass is 10.1. The van der Waals surface area contributed by atoms with Gasteiger partial charge < -0.3 is 21.4 Å². The maximum absolute atomic E-state index is 9.73. The molecule has 1 aromatic rings. The van der Waals surface area contributed by atoms with Crippen molar-refractivity contribution < 1.29 is 10.3 Å². The van der Waals surface area contributed by atoms with Crippen molar-refractivity contribution in [2.45, 2.75) is 32.9 Å². The minimum absolute atomic E-state index is 0.0123. The lowest BCUT2D eigenvalue weighted by Crippen LogP contribution is -2.27. The van der Waals surface area contributed by atoms with E-state index in [4.69, 9.17) is 10.9 Å². The monoisotopic (exact) mass is 266 g/mol. The van der Waals surface area contributed by atoms with Crippen LogP contribution in [0.4, 0.5) is 0 Å². The molecule has 0 aliphatic carbocycles. The van der Waals surface area contributed by atoms with Crippen molar-refractivity contribution in [2.75, 3.05) is 6.54 Å². The Morgan fingerprint density at radius 2 is 2.26 bits per heavy atom. The van der Waals surface area contributed by atoms with Crippen LogP contribution in [0.2, 0.25) is 0 Å². The summed E-state index contributed by atoms with van der Waals surface area (Å²) < 4.78 is 0. The molecular weight excluding hydrogens is 244 g/mol. The van der Waals surface area contributed by atoms with Crippen molar-refractivity contribution in [3.8, 4) is 0 Å². The third-order valence-corrected chi connectivity index (χ3v) is 2.65. The molecule has 6 nitrogen and oxygen atoms in total. The Labute approximate surface area is 113 Å². The molecule has 19 heavy (non-hydrogen) atoms. The van der Waals surface area contributed by atoms with Crippen molar-refractivity contribution in [1.82, 2.24) is 10.3 Å². The van der Waals surface area contributed by atoms with E-state index in [0.29, 0.717) is 24.7 Å². The molecule has 5 N–H and O–H groups in total. The van der Waals surface area contributed by atoms with E-state index in [2.05, 4.69) is 29.3 Å². The summed E-state index contributed by atoms with van der Waals surface area (Å²) in [5, 5.41) is 24.4. The molecule has 0 spiro atoms. The van der Waals surface area contributed by atoms with Crippen LogP contribution < -0.4 is 11.1 Å². The topological polar surface area (TPSA) is 104 Å². The number of rotatable bonds is 7. The van der Waals surface area contributed by atoms with Gasteiger partial charge >= 0.3 is 0 Å². The van der Waals surface area contributed by atoms with E-state index in [1.54, 1.807) is 12.3 Å². The molecule has 1 aromatic heterocycles. The third-order valence-electron chi connectivity index (χ3n) is 2.65. The number of nitrogens with one attached hydrogen (secondary N) is 1. The second-order valence-corrected chi connectivity index (χ2v) is 4.95. The van der Waals surface area contributed by atoms with Gasteiger partial charge in [-0.25, -0.2) is 0 Å². The normalized spacial score (nSPS) is 13.8. The van der Waals surface area contributed by atoms with Crippen LogP contribution >= 0.6 is 0 Å². The smallest absolute Gasteiger partial charge is 0.188 e. The number of aliphatic hydroxyl groups is 1. The van der Waals surface area contributed by atoms with Crippen LogP contribution in [0.5, 0.6) is 0 Å². The highest BCUT2D eigenvalue weighted by molar-refractivity contribution is 5.95. The highest BCUT2D eigenvalue weighted by Crippen LogP contribution is 2.05. The van der Waals surface area contributed by atoms with Gasteiger partial charge in [-0.1, -0.05) is 19.0 Å². The van der Waals surface area contributed by atoms with Gasteiger partial charge in [0, 0.05) is 19.3 Å². The van der Waals surface area contributed by atoms with Gasteiger partial charge in [-0.05, 0) is 30.0 Å². The Morgan fingerprint density at radius 1 is 1.53 bits per heavy atom. The Kier molecular flexibility index (Phi) is 6.24. The minimum Gasteiger partial charge on any atom is -0.409 e. The third kappa shape index (κ3) is 5.67. The van der Waals surface area contributed by atoms with Crippen LogP contribution in [-0.2, 0) is 6.54 Å². The second-order valence-electron chi connectivity index (χ2n) is 4.95. The molecule has 0 bridgehead atoms. The first kappa shape index (κ1) is 15.4. The number of amidine groups is 1. The number of pyridine rings is 1. The molecule has 0 amide bonds. The van der Waals surface area contributed by atoms with E-state index in [9.17, 15) is 5.11 Å². The first-order valence-corrected chi connectivity index (χ1v) is 6.34. The fourth-order valence-electron chi connectivity index (χ4n) is 1.79. The molecule has 1 rings (SSSR count). The zero-order valence-electron chi connectivity index (χ0n) is 11.4. The highest BCUT2D eigenvalue weighted by Gasteiger charge is 2.07. The van der Waals surface area contributed by atoms with Gasteiger partial charge in [0.1, 0.15) is 5.69 Å². The molecule has 106 valence electrons. The molecule has 1 unspecified atom stereocenters. The summed E-state index contributed by atoms with van der Waals surface area (Å²) in [5.74, 6) is 0.464. The van der Waals surface area contributed by atoms with Gasteiger partial charge in [0.15, 0.2) is 5.84 Å². The Hall–Kier alpha value is -1.66. The van der Waals surface area contributed by atoms with Crippen molar-refractivity contribution in [3.63, 3.8) is 0 Å². The van der Waals surface area contributed by atoms with Crippen LogP contribution in [0.25, 0.3) is 0 Å². The van der Waals surface area contributed by atoms with Gasteiger partial charge in [-0.2, -0.15) is 0 Å². The number of nitrogens with two attached hydrogens (primary N) is 1. The maximum Gasteiger partial charge on any atom is 0.188 e. The summed E-state index contributed by atoms with van der Waals surface area (Å²) in [5.41, 5.74) is 6.87. The van der Waals surface area contributed by atoms with E-state index >= 15 is 0 Å². The van der Waals surface area contributed by atoms with Crippen LogP contribution in [0.15, 0.2) is 23.5 Å². The average Bonchev–Trinajstić information content (AvgIpc) is 2.37. The molecule has 0 radical (unpaired) electrons. The van der Waals surface area contributed by atoms with E-state index in [0.717, 1.165) is 12.0 Å². The molecule has 0 fully saturated rings. The fourth-order valence-corrected chi connectivity index (χ4v) is 1.79. The van der Waals surface area contributed by atoms with Crippen LogP contribution in [0, 0.1) is 5.92 Å². The van der Waals surface area contributed by atoms with E-state index in [1.807, 2.05) is 6.07 Å². The molecule has 0 saturated carbocycles. The molecule has 0 saturated heterocycles. The summed E-state index contributed by atoms with van der Waals surface area (Å²) >= 11 is 0. The Bertz CT molecular complexity index is 421. The average molecular weight is 266 g/mol. The molecule has 0 aromatic carbocycles. The molecule has 0 aliphatic rings. The fraction of sp³-hybridized carbons (Fsp3) is 0.538. The predicted molar refractivity (Wildman–Crippen MR) is 73.9 cm³/mol. The van der Waals surface area contributed by atoms with Crippen molar-refractivity contribution in [2.24, 2.45) is 16.8 Å². The number of nitrogens with zero attached hydrogens (tertiary/aromatic N) is 2. The van der Waals surface area contributed by atoms with Crippen LogP contribution in [0.1, 0.15) is 31.5 Å². The summed E-state index contributed by atoms with van der Waals surface area (Å²) in [4.78, 5) is 4.00. The van der Waals surface area contributed by atoms with Gasteiger partial charge in [-0.3, -0.25) is 4.98 Å². The summed E-state index contributed by atoms with van der Waals surface area (Å²) in [6, 6.07) is 3.59. The van der Waals surface area contributed by atoms with Crippen molar-refractivity contribution in [3.05, 3.63) is 29.6 Å². The first-order valence-electron chi connectivity index (χ1n) is 6.34. The predicted octanol–water partition coefficient (Wildman–Crippen LogP) is 0.673. The summed E-state index contributed by atoms with van der Waals surface area (Å²) in [6.07, 6.45) is 2.04. The summed E-state index contributed by atoms with van der Waals surface area (Å²) in [6.45, 7) is 5.30. The standard InChI is InChI=1S/C13H22N4O2/c1-9(2)5-11(18)8-15-7-10-3-4-16-12(6-10)13(14)17-19/h3-4,6,9,11,15,18-19H,5,7-8H2,1-2H3,(H2,14,17). The Morgan fingerprint density at radius 3 is 2.89 bits per heavy atom. The zero-order chi connectivity index (χ0) is 14.3. The summed E-state index contributed by atoms with van der Waals surface area (Å²) in [7, 11) is 0. The van der Waals surface area contributed by atoms with Gasteiger partial charge in [0.2, 0.25) is 0 Å². The number of hydrogen-bond acceptors (Lipinski definition) is 5. The molecular formula is C13H22N4O2. The van der Waals surface area contributed by atoms with Crippen LogP contribution in [-0.4, -0.2) is 33.8 Å². The number of aromatic nitrogens is 1. The van der Waals surface area contributed by atoms with E-state index in [1.165, 1.54) is 0 Å². The number of aliphatic hydroxyl groups excluding tert-OH is 1. The van der Waals surface area contributed by atoms with E-state index in [-0.39, 0.29) is 11.9 Å².